The Bertz CT molecular complexity index is 503. The molecule has 0 spiro atoms. The minimum Gasteiger partial charge on any atom is -0.229 e. The monoisotopic (exact) mass is 329 g/mol. The lowest BCUT2D eigenvalue weighted by Crippen LogP contribution is -2.47. The Labute approximate surface area is 120 Å². The van der Waals surface area contributed by atoms with Gasteiger partial charge in [-0.25, -0.2) is 21.1 Å². The first-order valence-corrected chi connectivity index (χ1v) is 10.5. The summed E-state index contributed by atoms with van der Waals surface area (Å²) in [5, 5.41) is -0.537. The Morgan fingerprint density at radius 1 is 1.16 bits per heavy atom. The number of nitrogens with zero attached hydrogens (tertiary/aromatic N) is 1. The van der Waals surface area contributed by atoms with Gasteiger partial charge in [-0.3, -0.25) is 0 Å². The van der Waals surface area contributed by atoms with Crippen LogP contribution in [0.15, 0.2) is 0 Å². The molecular formula is C11H20ClNO4S2. The minimum atomic E-state index is -3.37. The quantitative estimate of drug-likeness (QED) is 0.719. The lowest BCUT2D eigenvalue weighted by molar-refractivity contribution is 0.280. The van der Waals surface area contributed by atoms with Crippen LogP contribution in [0.5, 0.6) is 0 Å². The molecule has 5 nitrogen and oxygen atoms in total. The van der Waals surface area contributed by atoms with Crippen molar-refractivity contribution in [3.05, 3.63) is 0 Å². The van der Waals surface area contributed by atoms with Gasteiger partial charge in [0, 0.05) is 19.0 Å². The number of halogens is 1. The minimum absolute atomic E-state index is 0.0102. The zero-order valence-corrected chi connectivity index (χ0v) is 13.2. The molecular weight excluding hydrogens is 310 g/mol. The average Bonchev–Trinajstić information content (AvgIpc) is 2.38. The molecule has 0 bridgehead atoms. The summed E-state index contributed by atoms with van der Waals surface area (Å²) in [4.78, 5) is 0. The molecule has 112 valence electrons. The molecule has 8 heteroatoms. The molecule has 2 rings (SSSR count). The molecule has 2 heterocycles. The van der Waals surface area contributed by atoms with Gasteiger partial charge < -0.3 is 0 Å². The maximum absolute atomic E-state index is 12.5. The third kappa shape index (κ3) is 3.62. The summed E-state index contributed by atoms with van der Waals surface area (Å²) in [7, 11) is -6.39. The van der Waals surface area contributed by atoms with Crippen LogP contribution >= 0.6 is 11.6 Å². The highest BCUT2D eigenvalue weighted by molar-refractivity contribution is 7.92. The standard InChI is InChI=1S/C11H20ClNO4S2/c12-8-10-2-1-5-13(9-10)19(16,17)11-3-6-18(14,15)7-4-11/h10-11H,1-9H2. The second-order valence-corrected chi connectivity index (χ2v) is 10.2. The van der Waals surface area contributed by atoms with E-state index in [0.717, 1.165) is 12.8 Å². The summed E-state index contributed by atoms with van der Waals surface area (Å²) < 4.78 is 49.3. The van der Waals surface area contributed by atoms with Crippen LogP contribution in [-0.4, -0.2) is 56.9 Å². The van der Waals surface area contributed by atoms with Crippen molar-refractivity contribution in [2.45, 2.75) is 30.9 Å². The highest BCUT2D eigenvalue weighted by Gasteiger charge is 2.38. The van der Waals surface area contributed by atoms with Gasteiger partial charge in [0.05, 0.1) is 16.8 Å². The van der Waals surface area contributed by atoms with Crippen LogP contribution in [0.25, 0.3) is 0 Å². The molecule has 2 saturated heterocycles. The van der Waals surface area contributed by atoms with Crippen LogP contribution in [0.1, 0.15) is 25.7 Å². The van der Waals surface area contributed by atoms with Gasteiger partial charge in [-0.2, -0.15) is 0 Å². The van der Waals surface area contributed by atoms with E-state index in [1.807, 2.05) is 0 Å². The SMILES string of the molecule is O=S1(=O)CCC(S(=O)(=O)N2CCCC(CCl)C2)CC1. The van der Waals surface area contributed by atoms with Crippen LogP contribution in [0.2, 0.25) is 0 Å². The van der Waals surface area contributed by atoms with Crippen molar-refractivity contribution in [2.24, 2.45) is 5.92 Å². The van der Waals surface area contributed by atoms with E-state index in [4.69, 9.17) is 11.6 Å². The van der Waals surface area contributed by atoms with E-state index in [0.29, 0.717) is 19.0 Å². The molecule has 1 unspecified atom stereocenters. The first kappa shape index (κ1) is 15.5. The molecule has 2 aliphatic rings. The molecule has 0 N–H and O–H groups in total. The maximum atomic E-state index is 12.5. The summed E-state index contributed by atoms with van der Waals surface area (Å²) in [6.45, 7) is 1.02. The van der Waals surface area contributed by atoms with Gasteiger partial charge in [-0.15, -0.1) is 11.6 Å². The Kier molecular flexibility index (Phi) is 4.80. The number of hydrogen-bond acceptors (Lipinski definition) is 4. The van der Waals surface area contributed by atoms with Crippen molar-refractivity contribution < 1.29 is 16.8 Å². The van der Waals surface area contributed by atoms with E-state index in [-0.39, 0.29) is 30.3 Å². The fourth-order valence-electron chi connectivity index (χ4n) is 2.76. The molecule has 0 radical (unpaired) electrons. The fraction of sp³-hybridized carbons (Fsp3) is 1.00. The summed E-state index contributed by atoms with van der Waals surface area (Å²) >= 11 is 5.82. The first-order valence-electron chi connectivity index (χ1n) is 6.60. The lowest BCUT2D eigenvalue weighted by Gasteiger charge is -2.34. The Balaban J connectivity index is 2.06. The van der Waals surface area contributed by atoms with Crippen molar-refractivity contribution in [1.82, 2.24) is 4.31 Å². The highest BCUT2D eigenvalue weighted by Crippen LogP contribution is 2.27. The summed E-state index contributed by atoms with van der Waals surface area (Å²) in [5.74, 6) is 0.677. The van der Waals surface area contributed by atoms with Gasteiger partial charge in [0.1, 0.15) is 9.84 Å². The van der Waals surface area contributed by atoms with Crippen molar-refractivity contribution in [1.29, 1.82) is 0 Å². The molecule has 0 saturated carbocycles. The maximum Gasteiger partial charge on any atom is 0.217 e. The second-order valence-electron chi connectivity index (χ2n) is 5.42. The Morgan fingerprint density at radius 2 is 1.79 bits per heavy atom. The zero-order valence-electron chi connectivity index (χ0n) is 10.8. The molecule has 0 aliphatic carbocycles. The molecule has 0 aromatic heterocycles. The van der Waals surface area contributed by atoms with Crippen molar-refractivity contribution in [3.8, 4) is 0 Å². The zero-order chi connectivity index (χ0) is 14.1. The molecule has 1 atom stereocenters. The Morgan fingerprint density at radius 3 is 2.37 bits per heavy atom. The summed E-state index contributed by atoms with van der Waals surface area (Å²) in [6, 6.07) is 0. The molecule has 2 aliphatic heterocycles. The van der Waals surface area contributed by atoms with Crippen LogP contribution in [0.3, 0.4) is 0 Å². The highest BCUT2D eigenvalue weighted by atomic mass is 35.5. The molecule has 0 aromatic carbocycles. The van der Waals surface area contributed by atoms with Crippen LogP contribution in [0.4, 0.5) is 0 Å². The molecule has 0 amide bonds. The normalized spacial score (nSPS) is 30.3. The third-order valence-electron chi connectivity index (χ3n) is 3.98. The Hall–Kier alpha value is 0.150. The summed E-state index contributed by atoms with van der Waals surface area (Å²) in [6.07, 6.45) is 2.26. The first-order chi connectivity index (χ1) is 8.85. The predicted octanol–water partition coefficient (Wildman–Crippen LogP) is 0.844. The van der Waals surface area contributed by atoms with Gasteiger partial charge in [0.2, 0.25) is 10.0 Å². The lowest BCUT2D eigenvalue weighted by atomic mass is 10.0. The van der Waals surface area contributed by atoms with E-state index < -0.39 is 25.1 Å². The van der Waals surface area contributed by atoms with Gasteiger partial charge in [-0.05, 0) is 31.6 Å². The number of sulfone groups is 1. The van der Waals surface area contributed by atoms with E-state index in [2.05, 4.69) is 0 Å². The smallest absolute Gasteiger partial charge is 0.217 e. The van der Waals surface area contributed by atoms with Crippen LogP contribution < -0.4 is 0 Å². The summed E-state index contributed by atoms with van der Waals surface area (Å²) in [5.41, 5.74) is 0. The van der Waals surface area contributed by atoms with Crippen molar-refractivity contribution >= 4 is 31.5 Å². The molecule has 0 aromatic rings. The molecule has 2 fully saturated rings. The van der Waals surface area contributed by atoms with Gasteiger partial charge in [0.15, 0.2) is 0 Å². The van der Waals surface area contributed by atoms with E-state index in [1.165, 1.54) is 4.31 Å². The van der Waals surface area contributed by atoms with Gasteiger partial charge in [0.25, 0.3) is 0 Å². The number of hydrogen-bond donors (Lipinski definition) is 0. The number of alkyl halides is 1. The van der Waals surface area contributed by atoms with Crippen molar-refractivity contribution in [3.63, 3.8) is 0 Å². The molecule has 19 heavy (non-hydrogen) atoms. The number of piperidine rings is 1. The topological polar surface area (TPSA) is 71.5 Å². The fourth-order valence-corrected chi connectivity index (χ4v) is 6.86. The second kappa shape index (κ2) is 5.87. The number of rotatable bonds is 3. The largest absolute Gasteiger partial charge is 0.229 e. The third-order valence-corrected chi connectivity index (χ3v) is 8.50. The van der Waals surface area contributed by atoms with Crippen molar-refractivity contribution in [2.75, 3.05) is 30.5 Å². The average molecular weight is 330 g/mol. The number of sulfonamides is 1. The van der Waals surface area contributed by atoms with E-state index in [1.54, 1.807) is 0 Å². The van der Waals surface area contributed by atoms with Crippen LogP contribution in [-0.2, 0) is 19.9 Å². The predicted molar refractivity (Wildman–Crippen MR) is 75.6 cm³/mol. The van der Waals surface area contributed by atoms with E-state index in [9.17, 15) is 16.8 Å². The van der Waals surface area contributed by atoms with E-state index >= 15 is 0 Å². The van der Waals surface area contributed by atoms with Gasteiger partial charge >= 0.3 is 0 Å². The van der Waals surface area contributed by atoms with Gasteiger partial charge in [-0.1, -0.05) is 0 Å². The van der Waals surface area contributed by atoms with Crippen LogP contribution in [0, 0.1) is 5.92 Å².